The van der Waals surface area contributed by atoms with Gasteiger partial charge in [-0.05, 0) is 25.7 Å². The van der Waals surface area contributed by atoms with Gasteiger partial charge in [0, 0.05) is 6.54 Å². The molecule has 0 amide bonds. The summed E-state index contributed by atoms with van der Waals surface area (Å²) in [5.74, 6) is 2.48. The van der Waals surface area contributed by atoms with Crippen LogP contribution in [0.4, 0.5) is 5.82 Å². The van der Waals surface area contributed by atoms with Crippen LogP contribution in [0.15, 0.2) is 6.33 Å². The number of hydrogen-bond acceptors (Lipinski definition) is 5. The smallest absolute Gasteiger partial charge is 0.262 e. The Morgan fingerprint density at radius 3 is 2.74 bits per heavy atom. The van der Waals surface area contributed by atoms with E-state index in [9.17, 15) is 0 Å². The van der Waals surface area contributed by atoms with Gasteiger partial charge in [-0.2, -0.15) is 4.98 Å². The van der Waals surface area contributed by atoms with Gasteiger partial charge in [0.1, 0.15) is 6.33 Å². The van der Waals surface area contributed by atoms with Crippen LogP contribution < -0.4 is 14.8 Å². The van der Waals surface area contributed by atoms with E-state index in [4.69, 9.17) is 9.47 Å². The highest BCUT2D eigenvalue weighted by Gasteiger charge is 2.17. The zero-order valence-corrected chi connectivity index (χ0v) is 11.8. The summed E-state index contributed by atoms with van der Waals surface area (Å²) in [4.78, 5) is 8.35. The van der Waals surface area contributed by atoms with Crippen molar-refractivity contribution in [2.24, 2.45) is 5.92 Å². The Bertz CT molecular complexity index is 392. The standard InChI is InChI=1S/C14H23N3O2/c1-3-15-13-12(18-2)14(17-10-16-13)19-9-11-7-5-4-6-8-11/h10-11H,3-9H2,1-2H3,(H,15,16,17). The first-order valence-electron chi connectivity index (χ1n) is 7.10. The van der Waals surface area contributed by atoms with Crippen molar-refractivity contribution in [2.45, 2.75) is 39.0 Å². The van der Waals surface area contributed by atoms with Crippen molar-refractivity contribution in [3.8, 4) is 11.6 Å². The van der Waals surface area contributed by atoms with Crippen LogP contribution in [0.5, 0.6) is 11.6 Å². The minimum atomic E-state index is 0.541. The van der Waals surface area contributed by atoms with Gasteiger partial charge in [0.15, 0.2) is 5.82 Å². The molecule has 1 aliphatic carbocycles. The van der Waals surface area contributed by atoms with E-state index in [1.54, 1.807) is 7.11 Å². The van der Waals surface area contributed by atoms with Crippen LogP contribution in [0.2, 0.25) is 0 Å². The molecule has 0 bridgehead atoms. The zero-order chi connectivity index (χ0) is 13.5. The number of anilines is 1. The maximum atomic E-state index is 5.84. The summed E-state index contributed by atoms with van der Waals surface area (Å²) in [6.07, 6.45) is 8.02. The summed E-state index contributed by atoms with van der Waals surface area (Å²) in [5.41, 5.74) is 0. The van der Waals surface area contributed by atoms with Crippen molar-refractivity contribution in [2.75, 3.05) is 25.6 Å². The number of rotatable bonds is 6. The molecule has 2 rings (SSSR count). The highest BCUT2D eigenvalue weighted by molar-refractivity contribution is 5.54. The van der Waals surface area contributed by atoms with E-state index < -0.39 is 0 Å². The Kier molecular flexibility index (Phi) is 5.24. The van der Waals surface area contributed by atoms with Crippen molar-refractivity contribution in [3.63, 3.8) is 0 Å². The molecule has 0 aliphatic heterocycles. The number of nitrogens with one attached hydrogen (secondary N) is 1. The van der Waals surface area contributed by atoms with Gasteiger partial charge >= 0.3 is 0 Å². The first-order valence-corrected chi connectivity index (χ1v) is 7.10. The van der Waals surface area contributed by atoms with Crippen molar-refractivity contribution < 1.29 is 9.47 Å². The lowest BCUT2D eigenvalue weighted by atomic mass is 9.90. The molecule has 0 radical (unpaired) electrons. The molecule has 0 saturated heterocycles. The first-order chi connectivity index (χ1) is 9.35. The second-order valence-electron chi connectivity index (χ2n) is 4.91. The minimum Gasteiger partial charge on any atom is -0.489 e. The summed E-state index contributed by atoms with van der Waals surface area (Å²) >= 11 is 0. The third-order valence-corrected chi connectivity index (χ3v) is 3.50. The Morgan fingerprint density at radius 1 is 1.26 bits per heavy atom. The van der Waals surface area contributed by atoms with Crippen molar-refractivity contribution in [3.05, 3.63) is 6.33 Å². The van der Waals surface area contributed by atoms with Gasteiger partial charge in [-0.15, -0.1) is 0 Å². The molecule has 1 saturated carbocycles. The molecule has 5 heteroatoms. The van der Waals surface area contributed by atoms with Crippen LogP contribution in [0.25, 0.3) is 0 Å². The Hall–Kier alpha value is -1.52. The predicted molar refractivity (Wildman–Crippen MR) is 74.8 cm³/mol. The van der Waals surface area contributed by atoms with Gasteiger partial charge in [-0.25, -0.2) is 4.98 Å². The summed E-state index contributed by atoms with van der Waals surface area (Å²) in [6, 6.07) is 0. The molecule has 0 aromatic carbocycles. The summed E-state index contributed by atoms with van der Waals surface area (Å²) in [7, 11) is 1.62. The third kappa shape index (κ3) is 3.72. The lowest BCUT2D eigenvalue weighted by Gasteiger charge is -2.22. The molecule has 0 atom stereocenters. The highest BCUT2D eigenvalue weighted by atomic mass is 16.5. The lowest BCUT2D eigenvalue weighted by Crippen LogP contribution is -2.16. The number of methoxy groups -OCH3 is 1. The van der Waals surface area contributed by atoms with Gasteiger partial charge in [0.25, 0.3) is 5.88 Å². The largest absolute Gasteiger partial charge is 0.489 e. The molecule has 1 fully saturated rings. The van der Waals surface area contributed by atoms with Crippen LogP contribution in [0, 0.1) is 5.92 Å². The third-order valence-electron chi connectivity index (χ3n) is 3.50. The fourth-order valence-corrected chi connectivity index (χ4v) is 2.49. The molecular formula is C14H23N3O2. The minimum absolute atomic E-state index is 0.541. The maximum absolute atomic E-state index is 5.84. The average molecular weight is 265 g/mol. The van der Waals surface area contributed by atoms with Crippen LogP contribution in [0.1, 0.15) is 39.0 Å². The molecule has 1 heterocycles. The molecule has 0 unspecified atom stereocenters. The molecule has 5 nitrogen and oxygen atoms in total. The Balaban J connectivity index is 2.00. The van der Waals surface area contributed by atoms with E-state index in [1.807, 2.05) is 6.92 Å². The van der Waals surface area contributed by atoms with E-state index in [0.717, 1.165) is 13.2 Å². The molecular weight excluding hydrogens is 242 g/mol. The summed E-state index contributed by atoms with van der Waals surface area (Å²) in [5, 5.41) is 3.15. The van der Waals surface area contributed by atoms with Crippen molar-refractivity contribution in [1.29, 1.82) is 0 Å². The lowest BCUT2D eigenvalue weighted by molar-refractivity contribution is 0.196. The molecule has 1 N–H and O–H groups in total. The second-order valence-corrected chi connectivity index (χ2v) is 4.91. The molecule has 1 aromatic heterocycles. The molecule has 19 heavy (non-hydrogen) atoms. The van der Waals surface area contributed by atoms with Crippen LogP contribution in [0.3, 0.4) is 0 Å². The fraction of sp³-hybridized carbons (Fsp3) is 0.714. The Labute approximate surface area is 114 Å². The fourth-order valence-electron chi connectivity index (χ4n) is 2.49. The van der Waals surface area contributed by atoms with Crippen LogP contribution >= 0.6 is 0 Å². The summed E-state index contributed by atoms with van der Waals surface area (Å²) in [6.45, 7) is 3.53. The zero-order valence-electron chi connectivity index (χ0n) is 11.8. The van der Waals surface area contributed by atoms with Gasteiger partial charge in [0.05, 0.1) is 13.7 Å². The van der Waals surface area contributed by atoms with E-state index in [0.29, 0.717) is 23.4 Å². The topological polar surface area (TPSA) is 56.3 Å². The number of ether oxygens (including phenoxy) is 2. The number of nitrogens with zero attached hydrogens (tertiary/aromatic N) is 2. The van der Waals surface area contributed by atoms with E-state index >= 15 is 0 Å². The van der Waals surface area contributed by atoms with Gasteiger partial charge in [-0.3, -0.25) is 0 Å². The average Bonchev–Trinajstić information content (AvgIpc) is 2.46. The monoisotopic (exact) mass is 265 g/mol. The highest BCUT2D eigenvalue weighted by Crippen LogP contribution is 2.32. The summed E-state index contributed by atoms with van der Waals surface area (Å²) < 4.78 is 11.2. The SMILES string of the molecule is CCNc1ncnc(OCC2CCCCC2)c1OC. The predicted octanol–water partition coefficient (Wildman–Crippen LogP) is 2.88. The van der Waals surface area contributed by atoms with Crippen molar-refractivity contribution in [1.82, 2.24) is 9.97 Å². The normalized spacial score (nSPS) is 16.1. The van der Waals surface area contributed by atoms with Crippen LogP contribution in [-0.4, -0.2) is 30.2 Å². The number of aromatic nitrogens is 2. The van der Waals surface area contributed by atoms with Crippen molar-refractivity contribution >= 4 is 5.82 Å². The Morgan fingerprint density at radius 2 is 2.05 bits per heavy atom. The van der Waals surface area contributed by atoms with E-state index in [1.165, 1.54) is 38.4 Å². The van der Waals surface area contributed by atoms with Gasteiger partial charge in [0.2, 0.25) is 5.75 Å². The molecule has 1 aliphatic rings. The number of hydrogen-bond donors (Lipinski definition) is 1. The maximum Gasteiger partial charge on any atom is 0.262 e. The van der Waals surface area contributed by atoms with Gasteiger partial charge < -0.3 is 14.8 Å². The molecule has 0 spiro atoms. The second kappa shape index (κ2) is 7.16. The van der Waals surface area contributed by atoms with Gasteiger partial charge in [-0.1, -0.05) is 19.3 Å². The van der Waals surface area contributed by atoms with E-state index in [-0.39, 0.29) is 0 Å². The molecule has 106 valence electrons. The molecule has 1 aromatic rings. The quantitative estimate of drug-likeness (QED) is 0.857. The van der Waals surface area contributed by atoms with Crippen LogP contribution in [-0.2, 0) is 0 Å². The first kappa shape index (κ1) is 13.9. The van der Waals surface area contributed by atoms with E-state index in [2.05, 4.69) is 15.3 Å².